The quantitative estimate of drug-likeness (QED) is 0.256. The Morgan fingerprint density at radius 2 is 1.59 bits per heavy atom. The van der Waals surface area contributed by atoms with Crippen molar-refractivity contribution in [3.8, 4) is 5.75 Å². The van der Waals surface area contributed by atoms with Crippen LogP contribution in [0.3, 0.4) is 0 Å². The minimum Gasteiger partial charge on any atom is -0.497 e. The van der Waals surface area contributed by atoms with Gasteiger partial charge in [0.25, 0.3) is 10.0 Å². The molecule has 0 heterocycles. The summed E-state index contributed by atoms with van der Waals surface area (Å²) in [5.74, 6) is -0.375. The first kappa shape index (κ1) is 32.2. The first-order valence-electron chi connectivity index (χ1n) is 13.3. The second kappa shape index (κ2) is 14.6. The van der Waals surface area contributed by atoms with Gasteiger partial charge in [0.2, 0.25) is 11.8 Å². The Kier molecular flexibility index (Phi) is 11.5. The van der Waals surface area contributed by atoms with Crippen LogP contribution in [-0.2, 0) is 26.2 Å². The molecule has 0 saturated heterocycles. The molecular weight excluding hydrogens is 585 g/mol. The number of halogens is 2. The highest BCUT2D eigenvalue weighted by Gasteiger charge is 2.34. The zero-order valence-corrected chi connectivity index (χ0v) is 25.8. The van der Waals surface area contributed by atoms with Crippen LogP contribution >= 0.6 is 23.2 Å². The molecule has 3 rings (SSSR count). The second-order valence-corrected chi connectivity index (χ2v) is 12.2. The van der Waals surface area contributed by atoms with Crippen molar-refractivity contribution in [2.24, 2.45) is 0 Å². The van der Waals surface area contributed by atoms with E-state index >= 15 is 0 Å². The number of amides is 2. The molecule has 0 radical (unpaired) electrons. The normalized spacial score (nSPS) is 12.7. The Bertz CT molecular complexity index is 1440. The number of methoxy groups -OCH3 is 1. The number of rotatable bonds is 13. The van der Waals surface area contributed by atoms with Gasteiger partial charge in [-0.05, 0) is 73.9 Å². The SMILES string of the molecule is CC[C@@H](C)NC(=O)[C@H](CC)N(Cc1ccc(Cl)c(Cl)c1)C(=O)CN(c1ccccc1)S(=O)(=O)c1ccc(OC)cc1. The Morgan fingerprint density at radius 1 is 0.927 bits per heavy atom. The molecule has 0 spiro atoms. The third-order valence-corrected chi connectivity index (χ3v) is 9.22. The van der Waals surface area contributed by atoms with Crippen LogP contribution in [0.15, 0.2) is 77.7 Å². The van der Waals surface area contributed by atoms with E-state index in [1.165, 1.54) is 24.1 Å². The number of hydrogen-bond acceptors (Lipinski definition) is 5. The monoisotopic (exact) mass is 619 g/mol. The molecule has 41 heavy (non-hydrogen) atoms. The van der Waals surface area contributed by atoms with Crippen molar-refractivity contribution in [1.29, 1.82) is 0 Å². The summed E-state index contributed by atoms with van der Waals surface area (Å²) >= 11 is 12.3. The maximum absolute atomic E-state index is 14.1. The number of carbonyl (C=O) groups is 2. The van der Waals surface area contributed by atoms with Crippen molar-refractivity contribution in [2.75, 3.05) is 18.0 Å². The summed E-state index contributed by atoms with van der Waals surface area (Å²) in [4.78, 5) is 28.8. The first-order valence-corrected chi connectivity index (χ1v) is 15.5. The highest BCUT2D eigenvalue weighted by molar-refractivity contribution is 7.92. The summed E-state index contributed by atoms with van der Waals surface area (Å²) in [7, 11) is -2.69. The lowest BCUT2D eigenvalue weighted by Crippen LogP contribution is -2.53. The number of benzene rings is 3. The van der Waals surface area contributed by atoms with E-state index < -0.39 is 28.5 Å². The summed E-state index contributed by atoms with van der Waals surface area (Å²) in [6, 6.07) is 18.3. The number of nitrogens with zero attached hydrogens (tertiary/aromatic N) is 2. The van der Waals surface area contributed by atoms with Crippen LogP contribution in [0.4, 0.5) is 5.69 Å². The van der Waals surface area contributed by atoms with Crippen LogP contribution in [0.5, 0.6) is 5.75 Å². The second-order valence-electron chi connectivity index (χ2n) is 9.53. The predicted octanol–water partition coefficient (Wildman–Crippen LogP) is 5.92. The molecule has 0 aromatic heterocycles. The van der Waals surface area contributed by atoms with Gasteiger partial charge in [-0.3, -0.25) is 13.9 Å². The molecule has 3 aromatic rings. The standard InChI is InChI=1S/C30H35Cl2N3O5S/c1-5-21(3)33-30(37)28(6-2)34(19-22-12-17-26(31)27(32)18-22)29(36)20-35(23-10-8-7-9-11-23)41(38,39)25-15-13-24(40-4)14-16-25/h7-18,21,28H,5-6,19-20H2,1-4H3,(H,33,37)/t21-,28+/m1/s1. The van der Waals surface area contributed by atoms with Gasteiger partial charge in [-0.2, -0.15) is 0 Å². The molecule has 0 saturated carbocycles. The number of para-hydroxylation sites is 1. The molecule has 8 nitrogen and oxygen atoms in total. The van der Waals surface area contributed by atoms with Crippen molar-refractivity contribution < 1.29 is 22.7 Å². The summed E-state index contributed by atoms with van der Waals surface area (Å²) < 4.78 is 34.0. The maximum atomic E-state index is 14.1. The van der Waals surface area contributed by atoms with Gasteiger partial charge in [-0.15, -0.1) is 0 Å². The minimum atomic E-state index is -4.18. The van der Waals surface area contributed by atoms with Crippen LogP contribution in [0.1, 0.15) is 39.2 Å². The average Bonchev–Trinajstić information content (AvgIpc) is 2.97. The van der Waals surface area contributed by atoms with Crippen molar-refractivity contribution in [2.45, 2.75) is 57.1 Å². The minimum absolute atomic E-state index is 0.00691. The number of ether oxygens (including phenoxy) is 1. The molecular formula is C30H35Cl2N3O5S. The lowest BCUT2D eigenvalue weighted by Gasteiger charge is -2.33. The molecule has 0 unspecified atom stereocenters. The summed E-state index contributed by atoms with van der Waals surface area (Å²) in [6.07, 6.45) is 1.02. The van der Waals surface area contributed by atoms with Crippen LogP contribution in [0.2, 0.25) is 10.0 Å². The molecule has 2 atom stereocenters. The van der Waals surface area contributed by atoms with Crippen molar-refractivity contribution in [3.05, 3.63) is 88.4 Å². The van der Waals surface area contributed by atoms with Gasteiger partial charge in [0.05, 0.1) is 27.7 Å². The van der Waals surface area contributed by atoms with E-state index in [2.05, 4.69) is 5.32 Å². The molecule has 0 aliphatic carbocycles. The number of nitrogens with one attached hydrogen (secondary N) is 1. The fourth-order valence-electron chi connectivity index (χ4n) is 4.19. The predicted molar refractivity (Wildman–Crippen MR) is 163 cm³/mol. The largest absolute Gasteiger partial charge is 0.497 e. The van der Waals surface area contributed by atoms with Crippen LogP contribution < -0.4 is 14.4 Å². The van der Waals surface area contributed by atoms with E-state index in [4.69, 9.17) is 27.9 Å². The van der Waals surface area contributed by atoms with Crippen molar-refractivity contribution >= 4 is 50.7 Å². The van der Waals surface area contributed by atoms with Gasteiger partial charge in [0, 0.05) is 12.6 Å². The van der Waals surface area contributed by atoms with Gasteiger partial charge in [0.1, 0.15) is 18.3 Å². The number of sulfonamides is 1. The fourth-order valence-corrected chi connectivity index (χ4v) is 5.93. The van der Waals surface area contributed by atoms with Gasteiger partial charge in [-0.25, -0.2) is 8.42 Å². The van der Waals surface area contributed by atoms with Crippen LogP contribution in [-0.4, -0.2) is 50.9 Å². The average molecular weight is 621 g/mol. The molecule has 1 N–H and O–H groups in total. The van der Waals surface area contributed by atoms with Gasteiger partial charge < -0.3 is 15.0 Å². The third-order valence-electron chi connectivity index (χ3n) is 6.69. The molecule has 0 bridgehead atoms. The van der Waals surface area contributed by atoms with Crippen LogP contribution in [0.25, 0.3) is 0 Å². The highest BCUT2D eigenvalue weighted by Crippen LogP contribution is 2.27. The number of anilines is 1. The lowest BCUT2D eigenvalue weighted by molar-refractivity contribution is -0.140. The van der Waals surface area contributed by atoms with E-state index in [9.17, 15) is 18.0 Å². The molecule has 11 heteroatoms. The van der Waals surface area contributed by atoms with Gasteiger partial charge in [-0.1, -0.05) is 61.3 Å². The van der Waals surface area contributed by atoms with E-state index in [0.29, 0.717) is 39.9 Å². The zero-order valence-electron chi connectivity index (χ0n) is 23.5. The lowest BCUT2D eigenvalue weighted by atomic mass is 10.1. The number of hydrogen-bond donors (Lipinski definition) is 1. The van der Waals surface area contributed by atoms with Crippen molar-refractivity contribution in [1.82, 2.24) is 10.2 Å². The smallest absolute Gasteiger partial charge is 0.264 e. The Labute approximate surface area is 252 Å². The van der Waals surface area contributed by atoms with Crippen LogP contribution in [0, 0.1) is 0 Å². The summed E-state index contributed by atoms with van der Waals surface area (Å²) in [6.45, 7) is 5.12. The molecule has 2 amide bonds. The molecule has 0 aliphatic rings. The molecule has 0 aliphatic heterocycles. The Hall–Kier alpha value is -3.27. The first-order chi connectivity index (χ1) is 19.5. The summed E-state index contributed by atoms with van der Waals surface area (Å²) in [5.41, 5.74) is 0.954. The molecule has 220 valence electrons. The van der Waals surface area contributed by atoms with Gasteiger partial charge in [0.15, 0.2) is 0 Å². The van der Waals surface area contributed by atoms with Gasteiger partial charge >= 0.3 is 0 Å². The highest BCUT2D eigenvalue weighted by atomic mass is 35.5. The van der Waals surface area contributed by atoms with E-state index in [1.807, 2.05) is 13.8 Å². The molecule has 0 fully saturated rings. The fraction of sp³-hybridized carbons (Fsp3) is 0.333. The van der Waals surface area contributed by atoms with E-state index in [-0.39, 0.29) is 23.4 Å². The van der Waals surface area contributed by atoms with Crippen molar-refractivity contribution in [3.63, 3.8) is 0 Å². The Balaban J connectivity index is 2.05. The molecule has 3 aromatic carbocycles. The number of carbonyl (C=O) groups excluding carboxylic acids is 2. The van der Waals surface area contributed by atoms with E-state index in [1.54, 1.807) is 67.6 Å². The van der Waals surface area contributed by atoms with E-state index in [0.717, 1.165) is 4.31 Å². The topological polar surface area (TPSA) is 96.0 Å². The maximum Gasteiger partial charge on any atom is 0.264 e. The summed E-state index contributed by atoms with van der Waals surface area (Å²) in [5, 5.41) is 3.61. The Morgan fingerprint density at radius 3 is 2.15 bits per heavy atom. The zero-order chi connectivity index (χ0) is 30.2. The third kappa shape index (κ3) is 8.15.